The topological polar surface area (TPSA) is 89.3 Å². The van der Waals surface area contributed by atoms with Gasteiger partial charge in [-0.2, -0.15) is 0 Å². The predicted octanol–water partition coefficient (Wildman–Crippen LogP) is 3.63. The summed E-state index contributed by atoms with van der Waals surface area (Å²) in [5.74, 6) is 0. The lowest BCUT2D eigenvalue weighted by Gasteiger charge is -2.13. The van der Waals surface area contributed by atoms with Crippen molar-refractivity contribution >= 4 is 21.4 Å². The largest absolute Gasteiger partial charge is 0.279 e. The molecule has 2 aromatic carbocycles. The van der Waals surface area contributed by atoms with Crippen LogP contribution < -0.4 is 4.72 Å². The minimum absolute atomic E-state index is 0.117. The Morgan fingerprint density at radius 1 is 0.957 bits per heavy atom. The molecule has 7 heteroatoms. The third-order valence-electron chi connectivity index (χ3n) is 3.60. The maximum Gasteiger partial charge on any atom is 0.274 e. The zero-order chi connectivity index (χ0) is 17.4. The first-order valence-electron chi connectivity index (χ1n) is 6.97. The Hall–Kier alpha value is -2.41. The molecule has 122 valence electrons. The summed E-state index contributed by atoms with van der Waals surface area (Å²) < 4.78 is 27.6. The fourth-order valence-corrected chi connectivity index (χ4v) is 3.80. The molecule has 0 aliphatic rings. The van der Waals surface area contributed by atoms with Crippen LogP contribution >= 0.6 is 0 Å². The van der Waals surface area contributed by atoms with Crippen molar-refractivity contribution in [1.29, 1.82) is 0 Å². The number of nitrogens with zero attached hydrogens (tertiary/aromatic N) is 1. The molecular formula is C16H18N2O4S. The molecule has 0 atom stereocenters. The van der Waals surface area contributed by atoms with Crippen molar-refractivity contribution in [2.45, 2.75) is 32.6 Å². The SMILES string of the molecule is Cc1ccc(S(=O)(=O)Nc2cc([N+](=O)[O-])c(C)cc2C)c(C)c1. The van der Waals surface area contributed by atoms with E-state index < -0.39 is 14.9 Å². The van der Waals surface area contributed by atoms with Gasteiger partial charge >= 0.3 is 0 Å². The van der Waals surface area contributed by atoms with Crippen LogP contribution in [0.25, 0.3) is 0 Å². The molecule has 0 saturated heterocycles. The van der Waals surface area contributed by atoms with Gasteiger partial charge in [0.25, 0.3) is 15.7 Å². The number of nitrogens with one attached hydrogen (secondary N) is 1. The molecule has 0 heterocycles. The molecule has 0 aliphatic carbocycles. The van der Waals surface area contributed by atoms with Gasteiger partial charge in [-0.05, 0) is 51.0 Å². The summed E-state index contributed by atoms with van der Waals surface area (Å²) in [4.78, 5) is 10.7. The zero-order valence-corrected chi connectivity index (χ0v) is 14.2. The number of hydrogen-bond acceptors (Lipinski definition) is 4. The van der Waals surface area contributed by atoms with E-state index in [4.69, 9.17) is 0 Å². The zero-order valence-electron chi connectivity index (χ0n) is 13.4. The number of benzene rings is 2. The lowest BCUT2D eigenvalue weighted by atomic mass is 10.1. The van der Waals surface area contributed by atoms with Gasteiger partial charge in [0.1, 0.15) is 0 Å². The summed E-state index contributed by atoms with van der Waals surface area (Å²) in [6.45, 7) is 6.92. The van der Waals surface area contributed by atoms with Gasteiger partial charge in [-0.1, -0.05) is 17.7 Å². The van der Waals surface area contributed by atoms with Gasteiger partial charge in [0.2, 0.25) is 0 Å². The Kier molecular flexibility index (Phi) is 4.42. The first-order chi connectivity index (χ1) is 10.6. The average molecular weight is 334 g/mol. The molecule has 0 fully saturated rings. The molecule has 0 amide bonds. The normalized spacial score (nSPS) is 11.3. The van der Waals surface area contributed by atoms with E-state index in [0.29, 0.717) is 16.7 Å². The highest BCUT2D eigenvalue weighted by Gasteiger charge is 2.20. The van der Waals surface area contributed by atoms with Crippen molar-refractivity contribution in [3.8, 4) is 0 Å². The summed E-state index contributed by atoms with van der Waals surface area (Å²) in [6.07, 6.45) is 0. The van der Waals surface area contributed by atoms with Crippen molar-refractivity contribution in [1.82, 2.24) is 0 Å². The van der Waals surface area contributed by atoms with Crippen LogP contribution in [-0.2, 0) is 10.0 Å². The first-order valence-corrected chi connectivity index (χ1v) is 8.46. The van der Waals surface area contributed by atoms with Gasteiger partial charge in [0, 0.05) is 11.6 Å². The summed E-state index contributed by atoms with van der Waals surface area (Å²) in [6, 6.07) is 7.87. The Bertz CT molecular complexity index is 889. The maximum atomic E-state index is 12.6. The smallest absolute Gasteiger partial charge is 0.274 e. The Labute approximate surface area is 135 Å². The lowest BCUT2D eigenvalue weighted by Crippen LogP contribution is -2.15. The van der Waals surface area contributed by atoms with E-state index in [2.05, 4.69) is 4.72 Å². The summed E-state index contributed by atoms with van der Waals surface area (Å²) in [5, 5.41) is 11.0. The van der Waals surface area contributed by atoms with Crippen LogP contribution in [0.15, 0.2) is 35.2 Å². The van der Waals surface area contributed by atoms with E-state index in [0.717, 1.165) is 5.56 Å². The van der Waals surface area contributed by atoms with Crippen molar-refractivity contribution in [2.75, 3.05) is 4.72 Å². The average Bonchev–Trinajstić information content (AvgIpc) is 2.40. The lowest BCUT2D eigenvalue weighted by molar-refractivity contribution is -0.385. The van der Waals surface area contributed by atoms with Crippen LogP contribution in [0.5, 0.6) is 0 Å². The van der Waals surface area contributed by atoms with E-state index >= 15 is 0 Å². The van der Waals surface area contributed by atoms with E-state index in [-0.39, 0.29) is 16.3 Å². The van der Waals surface area contributed by atoms with Gasteiger partial charge in [-0.25, -0.2) is 8.42 Å². The van der Waals surface area contributed by atoms with Crippen LogP contribution in [-0.4, -0.2) is 13.3 Å². The van der Waals surface area contributed by atoms with Crippen molar-refractivity contribution in [3.05, 3.63) is 62.7 Å². The van der Waals surface area contributed by atoms with Gasteiger partial charge in [-0.15, -0.1) is 0 Å². The second-order valence-electron chi connectivity index (χ2n) is 5.59. The van der Waals surface area contributed by atoms with Gasteiger partial charge in [0.05, 0.1) is 15.5 Å². The van der Waals surface area contributed by atoms with Gasteiger partial charge in [-0.3, -0.25) is 14.8 Å². The minimum Gasteiger partial charge on any atom is -0.279 e. The third-order valence-corrected chi connectivity index (χ3v) is 5.13. The Morgan fingerprint density at radius 3 is 2.17 bits per heavy atom. The van der Waals surface area contributed by atoms with Crippen LogP contribution in [0.1, 0.15) is 22.3 Å². The Morgan fingerprint density at radius 2 is 1.61 bits per heavy atom. The molecule has 0 saturated carbocycles. The fraction of sp³-hybridized carbons (Fsp3) is 0.250. The number of nitro groups is 1. The second kappa shape index (κ2) is 6.00. The Balaban J connectivity index is 2.49. The number of aryl methyl sites for hydroxylation is 4. The van der Waals surface area contributed by atoms with Crippen molar-refractivity contribution < 1.29 is 13.3 Å². The molecule has 0 aliphatic heterocycles. The highest BCUT2D eigenvalue weighted by atomic mass is 32.2. The number of anilines is 1. The molecule has 0 spiro atoms. The standard InChI is InChI=1S/C16H18N2O4S/c1-10-5-6-16(13(4)7-10)23(21,22)17-14-9-15(18(19)20)12(3)8-11(14)2/h5-9,17H,1-4H3. The van der Waals surface area contributed by atoms with Gasteiger partial charge in [0.15, 0.2) is 0 Å². The quantitative estimate of drug-likeness (QED) is 0.683. The monoisotopic (exact) mass is 334 g/mol. The molecule has 23 heavy (non-hydrogen) atoms. The number of sulfonamides is 1. The van der Waals surface area contributed by atoms with Crippen LogP contribution in [0.4, 0.5) is 11.4 Å². The summed E-state index contributed by atoms with van der Waals surface area (Å²) in [5.41, 5.74) is 2.79. The molecule has 1 N–H and O–H groups in total. The fourth-order valence-electron chi connectivity index (χ4n) is 2.45. The van der Waals surface area contributed by atoms with Crippen molar-refractivity contribution in [2.24, 2.45) is 0 Å². The molecule has 0 aromatic heterocycles. The third kappa shape index (κ3) is 3.50. The van der Waals surface area contributed by atoms with E-state index in [9.17, 15) is 18.5 Å². The minimum atomic E-state index is -3.81. The maximum absolute atomic E-state index is 12.6. The summed E-state index contributed by atoms with van der Waals surface area (Å²) in [7, 11) is -3.81. The molecule has 2 aromatic rings. The summed E-state index contributed by atoms with van der Waals surface area (Å²) >= 11 is 0. The molecule has 6 nitrogen and oxygen atoms in total. The van der Waals surface area contributed by atoms with Crippen LogP contribution in [0, 0.1) is 37.8 Å². The molecule has 0 bridgehead atoms. The van der Waals surface area contributed by atoms with Gasteiger partial charge < -0.3 is 0 Å². The highest BCUT2D eigenvalue weighted by Crippen LogP contribution is 2.28. The molecular weight excluding hydrogens is 316 g/mol. The molecule has 2 rings (SSSR count). The molecule has 0 unspecified atom stereocenters. The van der Waals surface area contributed by atoms with Crippen LogP contribution in [0.2, 0.25) is 0 Å². The highest BCUT2D eigenvalue weighted by molar-refractivity contribution is 7.92. The van der Waals surface area contributed by atoms with Crippen molar-refractivity contribution in [3.63, 3.8) is 0 Å². The number of nitro benzene ring substituents is 1. The molecule has 0 radical (unpaired) electrons. The second-order valence-corrected chi connectivity index (χ2v) is 7.24. The van der Waals surface area contributed by atoms with E-state index in [1.807, 2.05) is 6.92 Å². The van der Waals surface area contributed by atoms with E-state index in [1.54, 1.807) is 39.0 Å². The number of rotatable bonds is 4. The van der Waals surface area contributed by atoms with Crippen LogP contribution in [0.3, 0.4) is 0 Å². The predicted molar refractivity (Wildman–Crippen MR) is 89.3 cm³/mol. The number of hydrogen-bond donors (Lipinski definition) is 1. The first kappa shape index (κ1) is 17.0. The van der Waals surface area contributed by atoms with E-state index in [1.165, 1.54) is 12.1 Å².